The van der Waals surface area contributed by atoms with Crippen molar-refractivity contribution in [1.29, 1.82) is 0 Å². The van der Waals surface area contributed by atoms with Gasteiger partial charge in [-0.2, -0.15) is 5.10 Å². The van der Waals surface area contributed by atoms with Crippen LogP contribution >= 0.6 is 0 Å². The first-order valence-corrected chi connectivity index (χ1v) is 9.99. The first-order valence-electron chi connectivity index (χ1n) is 9.99. The monoisotopic (exact) mass is 349 g/mol. The Bertz CT molecular complexity index is 843. The van der Waals surface area contributed by atoms with Crippen molar-refractivity contribution in [3.63, 3.8) is 0 Å². The van der Waals surface area contributed by atoms with E-state index in [0.717, 1.165) is 39.9 Å². The van der Waals surface area contributed by atoms with Gasteiger partial charge in [-0.25, -0.2) is 5.43 Å². The average Bonchev–Trinajstić information content (AvgIpc) is 2.89. The molecule has 0 atom stereocenters. The molecule has 1 heterocycles. The van der Waals surface area contributed by atoms with Crippen molar-refractivity contribution in [3.8, 4) is 0 Å². The number of nitrogens with zero attached hydrogens (tertiary/aromatic N) is 1. The van der Waals surface area contributed by atoms with Crippen LogP contribution in [0.4, 0.5) is 0 Å². The Labute approximate surface area is 154 Å². The Morgan fingerprint density at radius 1 is 1.19 bits per heavy atom. The summed E-state index contributed by atoms with van der Waals surface area (Å²) in [4.78, 5) is 15.9. The minimum atomic E-state index is 0.0840. The van der Waals surface area contributed by atoms with E-state index in [4.69, 9.17) is 0 Å². The van der Waals surface area contributed by atoms with E-state index in [1.54, 1.807) is 6.21 Å². The Hall–Kier alpha value is -2.10. The molecule has 6 rings (SSSR count). The van der Waals surface area contributed by atoms with Crippen LogP contribution in [-0.4, -0.2) is 17.1 Å². The summed E-state index contributed by atoms with van der Waals surface area (Å²) >= 11 is 0. The molecule has 2 N–H and O–H groups in total. The molecule has 0 spiro atoms. The van der Waals surface area contributed by atoms with Crippen molar-refractivity contribution in [2.45, 2.75) is 51.9 Å². The van der Waals surface area contributed by atoms with Crippen LogP contribution < -0.4 is 5.43 Å². The van der Waals surface area contributed by atoms with E-state index in [0.29, 0.717) is 6.42 Å². The number of carbonyl (C=O) groups is 1. The van der Waals surface area contributed by atoms with Gasteiger partial charge in [0.05, 0.1) is 6.21 Å². The third-order valence-electron chi connectivity index (χ3n) is 7.03. The van der Waals surface area contributed by atoms with Gasteiger partial charge in [-0.1, -0.05) is 18.2 Å². The largest absolute Gasteiger partial charge is 0.358 e. The van der Waals surface area contributed by atoms with Gasteiger partial charge in [0, 0.05) is 28.6 Å². The van der Waals surface area contributed by atoms with E-state index in [1.165, 1.54) is 38.5 Å². The van der Waals surface area contributed by atoms with Gasteiger partial charge in [0.2, 0.25) is 5.91 Å². The maximum absolute atomic E-state index is 12.6. The molecular formula is C22H27N3O. The van der Waals surface area contributed by atoms with Crippen molar-refractivity contribution in [2.24, 2.45) is 28.3 Å². The molecule has 4 aliphatic carbocycles. The van der Waals surface area contributed by atoms with Gasteiger partial charge in [-0.05, 0) is 74.7 Å². The first kappa shape index (κ1) is 16.1. The molecule has 136 valence electrons. The second kappa shape index (κ2) is 5.97. The first-order chi connectivity index (χ1) is 12.6. The minimum absolute atomic E-state index is 0.0840. The number of hydrogen-bond acceptors (Lipinski definition) is 2. The summed E-state index contributed by atoms with van der Waals surface area (Å²) in [5.74, 6) is 2.73. The number of hydrazone groups is 1. The number of aromatic nitrogens is 1. The smallest absolute Gasteiger partial charge is 0.240 e. The maximum Gasteiger partial charge on any atom is 0.240 e. The fourth-order valence-electron chi connectivity index (χ4n) is 6.52. The molecule has 4 aliphatic rings. The topological polar surface area (TPSA) is 57.2 Å². The normalized spacial score (nSPS) is 32.6. The number of rotatable bonds is 4. The fourth-order valence-corrected chi connectivity index (χ4v) is 6.52. The highest BCUT2D eigenvalue weighted by Crippen LogP contribution is 2.61. The van der Waals surface area contributed by atoms with Gasteiger partial charge >= 0.3 is 0 Å². The number of nitrogens with one attached hydrogen (secondary N) is 2. The number of hydrogen-bond donors (Lipinski definition) is 2. The molecular weight excluding hydrogens is 322 g/mol. The summed E-state index contributed by atoms with van der Waals surface area (Å²) in [5, 5.41) is 5.42. The Balaban J connectivity index is 1.26. The lowest BCUT2D eigenvalue weighted by Gasteiger charge is -2.56. The SMILES string of the molecule is Cc1[nH]c2ccccc2c1C=NNC(=O)CC12CC3CC(CC(C3)C1)C2. The number of benzene rings is 1. The molecule has 0 radical (unpaired) electrons. The molecule has 0 aliphatic heterocycles. The molecule has 1 aromatic heterocycles. The molecule has 26 heavy (non-hydrogen) atoms. The third kappa shape index (κ3) is 2.76. The summed E-state index contributed by atoms with van der Waals surface area (Å²) in [6, 6.07) is 8.19. The van der Waals surface area contributed by atoms with Crippen molar-refractivity contribution in [2.75, 3.05) is 0 Å². The molecule has 4 heteroatoms. The van der Waals surface area contributed by atoms with Gasteiger partial charge in [0.1, 0.15) is 0 Å². The summed E-state index contributed by atoms with van der Waals surface area (Å²) in [6.45, 7) is 2.04. The molecule has 1 aromatic carbocycles. The molecule has 1 amide bonds. The average molecular weight is 349 g/mol. The van der Waals surface area contributed by atoms with Gasteiger partial charge < -0.3 is 4.98 Å². The van der Waals surface area contributed by atoms with E-state index in [2.05, 4.69) is 27.6 Å². The van der Waals surface area contributed by atoms with Crippen molar-refractivity contribution in [3.05, 3.63) is 35.5 Å². The van der Waals surface area contributed by atoms with Gasteiger partial charge in [-0.15, -0.1) is 0 Å². The van der Waals surface area contributed by atoms with Crippen molar-refractivity contribution in [1.82, 2.24) is 10.4 Å². The van der Waals surface area contributed by atoms with Gasteiger partial charge in [0.25, 0.3) is 0 Å². The Kier molecular flexibility index (Phi) is 3.70. The van der Waals surface area contributed by atoms with E-state index in [1.807, 2.05) is 19.1 Å². The summed E-state index contributed by atoms with van der Waals surface area (Å²) in [5.41, 5.74) is 6.30. The highest BCUT2D eigenvalue weighted by atomic mass is 16.2. The van der Waals surface area contributed by atoms with Crippen LogP contribution in [0.5, 0.6) is 0 Å². The Morgan fingerprint density at radius 2 is 1.85 bits per heavy atom. The zero-order valence-corrected chi connectivity index (χ0v) is 15.4. The highest BCUT2D eigenvalue weighted by Gasteiger charge is 2.51. The second-order valence-corrected chi connectivity index (χ2v) is 9.10. The van der Waals surface area contributed by atoms with Gasteiger partial charge in [0.15, 0.2) is 0 Å². The number of aromatic amines is 1. The van der Waals surface area contributed by atoms with E-state index in [9.17, 15) is 4.79 Å². The van der Waals surface area contributed by atoms with E-state index in [-0.39, 0.29) is 11.3 Å². The number of para-hydroxylation sites is 1. The lowest BCUT2D eigenvalue weighted by molar-refractivity contribution is -0.129. The number of carbonyl (C=O) groups excluding carboxylic acids is 1. The van der Waals surface area contributed by atoms with Crippen LogP contribution in [0.15, 0.2) is 29.4 Å². The van der Waals surface area contributed by atoms with Crippen LogP contribution in [-0.2, 0) is 4.79 Å². The quantitative estimate of drug-likeness (QED) is 0.618. The third-order valence-corrected chi connectivity index (χ3v) is 7.03. The summed E-state index contributed by atoms with van der Waals surface area (Å²) in [7, 11) is 0. The van der Waals surface area contributed by atoms with E-state index >= 15 is 0 Å². The molecule has 0 unspecified atom stereocenters. The maximum atomic E-state index is 12.6. The zero-order chi connectivity index (χ0) is 17.7. The summed E-state index contributed by atoms with van der Waals surface area (Å²) in [6.07, 6.45) is 10.5. The van der Waals surface area contributed by atoms with Crippen LogP contribution in [0.2, 0.25) is 0 Å². The number of aryl methyl sites for hydroxylation is 1. The number of amides is 1. The standard InChI is InChI=1S/C22H27N3O/c1-14-19(18-4-2-3-5-20(18)24-14)13-23-25-21(26)12-22-9-15-6-16(10-22)8-17(7-15)11-22/h2-5,13,15-17,24H,6-12H2,1H3,(H,25,26). The minimum Gasteiger partial charge on any atom is -0.358 e. The lowest BCUT2D eigenvalue weighted by atomic mass is 9.49. The number of H-pyrrole nitrogens is 1. The predicted octanol–water partition coefficient (Wildman–Crippen LogP) is 4.53. The molecule has 2 aromatic rings. The van der Waals surface area contributed by atoms with Crippen molar-refractivity contribution >= 4 is 23.0 Å². The molecule has 4 fully saturated rings. The predicted molar refractivity (Wildman–Crippen MR) is 104 cm³/mol. The lowest BCUT2D eigenvalue weighted by Crippen LogP contribution is -2.47. The highest BCUT2D eigenvalue weighted by molar-refractivity contribution is 6.00. The van der Waals surface area contributed by atoms with Gasteiger partial charge in [-0.3, -0.25) is 4.79 Å². The van der Waals surface area contributed by atoms with E-state index < -0.39 is 0 Å². The van der Waals surface area contributed by atoms with Crippen LogP contribution in [0, 0.1) is 30.1 Å². The zero-order valence-electron chi connectivity index (χ0n) is 15.4. The Morgan fingerprint density at radius 3 is 2.54 bits per heavy atom. The van der Waals surface area contributed by atoms with Crippen LogP contribution in [0.25, 0.3) is 10.9 Å². The molecule has 4 saturated carbocycles. The van der Waals surface area contributed by atoms with Crippen LogP contribution in [0.1, 0.15) is 56.2 Å². The molecule has 0 saturated heterocycles. The summed E-state index contributed by atoms with van der Waals surface area (Å²) < 4.78 is 0. The fraction of sp³-hybridized carbons (Fsp3) is 0.545. The molecule has 4 nitrogen and oxygen atoms in total. The van der Waals surface area contributed by atoms with Crippen molar-refractivity contribution < 1.29 is 4.79 Å². The second-order valence-electron chi connectivity index (χ2n) is 9.10. The molecule has 4 bridgehead atoms. The number of fused-ring (bicyclic) bond motifs is 1. The van der Waals surface area contributed by atoms with Crippen LogP contribution in [0.3, 0.4) is 0 Å².